The first-order valence-electron chi connectivity index (χ1n) is 9.07. The number of pyridine rings is 1. The van der Waals surface area contributed by atoms with Crippen molar-refractivity contribution in [3.05, 3.63) is 41.5 Å². The normalized spacial score (nSPS) is 12.4. The van der Waals surface area contributed by atoms with E-state index >= 15 is 0 Å². The molecule has 0 aromatic carbocycles. The molecule has 0 aliphatic carbocycles. The lowest BCUT2D eigenvalue weighted by molar-refractivity contribution is -0.153. The summed E-state index contributed by atoms with van der Waals surface area (Å²) in [5, 5.41) is 5.30. The lowest BCUT2D eigenvalue weighted by Crippen LogP contribution is -2.28. The monoisotopic (exact) mass is 425 g/mol. The fraction of sp³-hybridized carbons (Fsp3) is 0.421. The summed E-state index contributed by atoms with van der Waals surface area (Å²) in [6.07, 6.45) is -3.42. The van der Waals surface area contributed by atoms with E-state index in [2.05, 4.69) is 30.3 Å². The molecule has 0 bridgehead atoms. The highest BCUT2D eigenvalue weighted by molar-refractivity contribution is 5.92. The molecule has 0 aliphatic heterocycles. The Hall–Kier alpha value is -3.24. The Balaban J connectivity index is 2.04. The lowest BCUT2D eigenvalue weighted by atomic mass is 10.2. The molecule has 1 atom stereocenters. The van der Waals surface area contributed by atoms with Gasteiger partial charge in [0.1, 0.15) is 11.4 Å². The first-order chi connectivity index (χ1) is 13.9. The van der Waals surface area contributed by atoms with Gasteiger partial charge in [0, 0.05) is 11.6 Å². The van der Waals surface area contributed by atoms with Crippen molar-refractivity contribution < 1.29 is 27.5 Å². The number of ether oxygens (including phenoxy) is 1. The van der Waals surface area contributed by atoms with Crippen LogP contribution in [0.2, 0.25) is 0 Å². The lowest BCUT2D eigenvalue weighted by Gasteiger charge is -2.15. The van der Waals surface area contributed by atoms with Crippen LogP contribution in [0.5, 0.6) is 5.75 Å². The molecular weight excluding hydrogens is 403 g/mol. The molecule has 2 aromatic rings. The Morgan fingerprint density at radius 2 is 1.87 bits per heavy atom. The number of carbonyl (C=O) groups is 2. The Bertz CT molecular complexity index is 901. The number of hydrogen-bond donors (Lipinski definition) is 2. The van der Waals surface area contributed by atoms with Crippen molar-refractivity contribution >= 4 is 17.8 Å². The second kappa shape index (κ2) is 9.51. The van der Waals surface area contributed by atoms with Crippen LogP contribution < -0.4 is 15.4 Å². The third-order valence-electron chi connectivity index (χ3n) is 3.80. The van der Waals surface area contributed by atoms with E-state index in [1.54, 1.807) is 33.8 Å². The molecule has 8 nitrogen and oxygen atoms in total. The molecule has 2 amide bonds. The largest absolute Gasteiger partial charge is 0.483 e. The van der Waals surface area contributed by atoms with Gasteiger partial charge in [0.25, 0.3) is 5.91 Å². The third-order valence-corrected chi connectivity index (χ3v) is 3.80. The number of amides is 2. The van der Waals surface area contributed by atoms with E-state index in [0.29, 0.717) is 11.4 Å². The molecule has 2 rings (SSSR count). The highest BCUT2D eigenvalue weighted by atomic mass is 19.4. The number of aromatic nitrogens is 3. The number of rotatable bonds is 7. The van der Waals surface area contributed by atoms with Gasteiger partial charge in [0.15, 0.2) is 6.61 Å². The van der Waals surface area contributed by atoms with Gasteiger partial charge in [-0.05, 0) is 32.0 Å². The first kappa shape index (κ1) is 23.0. The Morgan fingerprint density at radius 3 is 2.43 bits per heavy atom. The van der Waals surface area contributed by atoms with E-state index in [9.17, 15) is 22.8 Å². The standard InChI is InChI=1S/C19H22F3N5O3/c1-10(2)16(28)27-18-24-11(3)7-15(26-18)12(4)25-17(29)14-6-5-13(8-23-14)30-9-19(20,21)22/h5-8,10,12H,9H2,1-4H3,(H,25,29)(H,24,26,27,28). The van der Waals surface area contributed by atoms with E-state index in [4.69, 9.17) is 0 Å². The minimum absolute atomic E-state index is 0.000297. The zero-order valence-electron chi connectivity index (χ0n) is 16.9. The van der Waals surface area contributed by atoms with Gasteiger partial charge >= 0.3 is 6.18 Å². The smallest absolute Gasteiger partial charge is 0.422 e. The van der Waals surface area contributed by atoms with Crippen molar-refractivity contribution in [1.82, 2.24) is 20.3 Å². The van der Waals surface area contributed by atoms with Crippen LogP contribution in [0, 0.1) is 12.8 Å². The van der Waals surface area contributed by atoms with Crippen LogP contribution in [0.3, 0.4) is 0 Å². The SMILES string of the molecule is Cc1cc(C(C)NC(=O)c2ccc(OCC(F)(F)F)cn2)nc(NC(=O)C(C)C)n1. The molecule has 0 fully saturated rings. The summed E-state index contributed by atoms with van der Waals surface area (Å²) in [5.41, 5.74) is 1.07. The Labute approximate surface area is 171 Å². The van der Waals surface area contributed by atoms with E-state index in [0.717, 1.165) is 6.20 Å². The number of nitrogens with one attached hydrogen (secondary N) is 2. The van der Waals surface area contributed by atoms with Crippen LogP contribution in [-0.4, -0.2) is 39.5 Å². The number of halogens is 3. The van der Waals surface area contributed by atoms with Gasteiger partial charge in [-0.15, -0.1) is 0 Å². The predicted octanol–water partition coefficient (Wildman–Crippen LogP) is 3.21. The maximum absolute atomic E-state index is 12.4. The van der Waals surface area contributed by atoms with Crippen molar-refractivity contribution in [3.63, 3.8) is 0 Å². The first-order valence-corrected chi connectivity index (χ1v) is 9.07. The van der Waals surface area contributed by atoms with E-state index in [1.807, 2.05) is 0 Å². The fourth-order valence-corrected chi connectivity index (χ4v) is 2.23. The predicted molar refractivity (Wildman–Crippen MR) is 102 cm³/mol. The van der Waals surface area contributed by atoms with Crippen molar-refractivity contribution in [2.24, 2.45) is 5.92 Å². The maximum atomic E-state index is 12.4. The van der Waals surface area contributed by atoms with Gasteiger partial charge in [-0.3, -0.25) is 14.9 Å². The number of anilines is 1. The van der Waals surface area contributed by atoms with Gasteiger partial charge in [-0.25, -0.2) is 15.0 Å². The van der Waals surface area contributed by atoms with E-state index < -0.39 is 24.7 Å². The number of nitrogens with zero attached hydrogens (tertiary/aromatic N) is 3. The molecule has 1 unspecified atom stereocenters. The van der Waals surface area contributed by atoms with Crippen molar-refractivity contribution in [2.45, 2.75) is 39.9 Å². The second-order valence-corrected chi connectivity index (χ2v) is 6.88. The molecule has 11 heteroatoms. The zero-order chi connectivity index (χ0) is 22.5. The summed E-state index contributed by atoms with van der Waals surface area (Å²) in [5.74, 6) is -0.999. The van der Waals surface area contributed by atoms with Gasteiger partial charge in [-0.2, -0.15) is 13.2 Å². The molecule has 2 aromatic heterocycles. The topological polar surface area (TPSA) is 106 Å². The summed E-state index contributed by atoms with van der Waals surface area (Å²) in [4.78, 5) is 36.5. The van der Waals surface area contributed by atoms with Crippen molar-refractivity contribution in [2.75, 3.05) is 11.9 Å². The van der Waals surface area contributed by atoms with Crippen LogP contribution >= 0.6 is 0 Å². The molecule has 0 spiro atoms. The van der Waals surface area contributed by atoms with Gasteiger partial charge in [0.05, 0.1) is 17.9 Å². The quantitative estimate of drug-likeness (QED) is 0.706. The summed E-state index contributed by atoms with van der Waals surface area (Å²) in [6.45, 7) is 5.45. The van der Waals surface area contributed by atoms with Gasteiger partial charge in [0.2, 0.25) is 11.9 Å². The average molecular weight is 425 g/mol. The van der Waals surface area contributed by atoms with E-state index in [-0.39, 0.29) is 29.2 Å². The summed E-state index contributed by atoms with van der Waals surface area (Å²) in [6, 6.07) is 3.61. The fourth-order valence-electron chi connectivity index (χ4n) is 2.23. The molecular formula is C19H22F3N5O3. The minimum atomic E-state index is -4.46. The van der Waals surface area contributed by atoms with Crippen LogP contribution in [-0.2, 0) is 4.79 Å². The molecule has 0 aliphatic rings. The van der Waals surface area contributed by atoms with Gasteiger partial charge < -0.3 is 10.1 Å². The molecule has 2 heterocycles. The van der Waals surface area contributed by atoms with Crippen molar-refractivity contribution in [3.8, 4) is 5.75 Å². The molecule has 30 heavy (non-hydrogen) atoms. The highest BCUT2D eigenvalue weighted by Gasteiger charge is 2.28. The van der Waals surface area contributed by atoms with Crippen LogP contribution in [0.15, 0.2) is 24.4 Å². The molecule has 2 N–H and O–H groups in total. The van der Waals surface area contributed by atoms with Crippen LogP contribution in [0.25, 0.3) is 0 Å². The van der Waals surface area contributed by atoms with E-state index in [1.165, 1.54) is 12.1 Å². The molecule has 0 radical (unpaired) electrons. The van der Waals surface area contributed by atoms with Crippen molar-refractivity contribution in [1.29, 1.82) is 0 Å². The number of alkyl halides is 3. The average Bonchev–Trinajstić information content (AvgIpc) is 2.65. The van der Waals surface area contributed by atoms with Gasteiger partial charge in [-0.1, -0.05) is 13.8 Å². The number of hydrogen-bond acceptors (Lipinski definition) is 6. The van der Waals surface area contributed by atoms with Crippen LogP contribution in [0.4, 0.5) is 19.1 Å². The summed E-state index contributed by atoms with van der Waals surface area (Å²) in [7, 11) is 0. The zero-order valence-corrected chi connectivity index (χ0v) is 16.9. The highest BCUT2D eigenvalue weighted by Crippen LogP contribution is 2.18. The molecule has 162 valence electrons. The third kappa shape index (κ3) is 6.98. The Morgan fingerprint density at radius 1 is 1.17 bits per heavy atom. The summed E-state index contributed by atoms with van der Waals surface area (Å²) < 4.78 is 41.1. The number of aryl methyl sites for hydroxylation is 1. The number of carbonyl (C=O) groups excluding carboxylic acids is 2. The summed E-state index contributed by atoms with van der Waals surface area (Å²) >= 11 is 0. The maximum Gasteiger partial charge on any atom is 0.422 e. The molecule has 0 saturated carbocycles. The minimum Gasteiger partial charge on any atom is -0.483 e. The Kier molecular flexibility index (Phi) is 7.30. The molecule has 0 saturated heterocycles. The second-order valence-electron chi connectivity index (χ2n) is 6.88. The van der Waals surface area contributed by atoms with Crippen LogP contribution in [0.1, 0.15) is 48.7 Å².